The second kappa shape index (κ2) is 7.25. The topological polar surface area (TPSA) is 78.5 Å². The summed E-state index contributed by atoms with van der Waals surface area (Å²) in [7, 11) is -3.63. The van der Waals surface area contributed by atoms with Crippen LogP contribution in [0.25, 0.3) is 0 Å². The van der Waals surface area contributed by atoms with Crippen molar-refractivity contribution < 1.29 is 13.2 Å². The molecule has 6 nitrogen and oxygen atoms in total. The number of nitrogens with one attached hydrogen (secondary N) is 2. The molecule has 1 aliphatic rings. The Labute approximate surface area is 147 Å². The van der Waals surface area contributed by atoms with Crippen molar-refractivity contribution in [3.05, 3.63) is 60.2 Å². The van der Waals surface area contributed by atoms with Gasteiger partial charge in [-0.2, -0.15) is 0 Å². The minimum Gasteiger partial charge on any atom is -0.336 e. The predicted octanol–water partition coefficient (Wildman–Crippen LogP) is 1.92. The van der Waals surface area contributed by atoms with Crippen molar-refractivity contribution in [2.24, 2.45) is 0 Å². The molecule has 1 fully saturated rings. The molecule has 132 valence electrons. The van der Waals surface area contributed by atoms with E-state index in [4.69, 9.17) is 0 Å². The zero-order valence-electron chi connectivity index (χ0n) is 14.0. The molecule has 1 heterocycles. The molecule has 2 aromatic rings. The number of sulfonamides is 1. The van der Waals surface area contributed by atoms with E-state index in [1.807, 2.05) is 11.8 Å². The number of hydrogen-bond acceptors (Lipinski definition) is 4. The molecule has 1 saturated heterocycles. The van der Waals surface area contributed by atoms with Gasteiger partial charge < -0.3 is 10.2 Å². The van der Waals surface area contributed by atoms with Gasteiger partial charge in [-0.05, 0) is 43.3 Å². The number of benzene rings is 2. The summed E-state index contributed by atoms with van der Waals surface area (Å²) in [4.78, 5) is 14.5. The molecule has 1 amide bonds. The summed E-state index contributed by atoms with van der Waals surface area (Å²) in [6.45, 7) is 4.16. The van der Waals surface area contributed by atoms with Gasteiger partial charge in [-0.25, -0.2) is 8.42 Å². The first-order valence-electron chi connectivity index (χ1n) is 8.16. The molecule has 2 N–H and O–H groups in total. The molecule has 1 atom stereocenters. The molecule has 0 aliphatic carbocycles. The van der Waals surface area contributed by atoms with E-state index in [1.54, 1.807) is 42.5 Å². The molecular formula is C18H21N3O3S. The van der Waals surface area contributed by atoms with Gasteiger partial charge in [0.15, 0.2) is 0 Å². The van der Waals surface area contributed by atoms with Gasteiger partial charge in [0, 0.05) is 36.9 Å². The average Bonchev–Trinajstić information content (AvgIpc) is 2.62. The molecule has 0 bridgehead atoms. The first-order valence-corrected chi connectivity index (χ1v) is 9.64. The number of hydrogen-bond donors (Lipinski definition) is 2. The lowest BCUT2D eigenvalue weighted by Crippen LogP contribution is -2.51. The van der Waals surface area contributed by atoms with Gasteiger partial charge in [0.05, 0.1) is 4.90 Å². The molecule has 3 rings (SSSR count). The van der Waals surface area contributed by atoms with Crippen LogP contribution >= 0.6 is 0 Å². The Morgan fingerprint density at radius 3 is 2.44 bits per heavy atom. The summed E-state index contributed by atoms with van der Waals surface area (Å²) in [6.07, 6.45) is 0. The van der Waals surface area contributed by atoms with Crippen LogP contribution in [-0.4, -0.2) is 44.9 Å². The molecular weight excluding hydrogens is 338 g/mol. The van der Waals surface area contributed by atoms with Crippen molar-refractivity contribution in [2.75, 3.05) is 24.4 Å². The molecule has 0 radical (unpaired) electrons. The number of amides is 1. The van der Waals surface area contributed by atoms with Gasteiger partial charge in [0.1, 0.15) is 0 Å². The van der Waals surface area contributed by atoms with Crippen LogP contribution in [0.4, 0.5) is 5.69 Å². The first-order chi connectivity index (χ1) is 12.0. The largest absolute Gasteiger partial charge is 0.336 e. The van der Waals surface area contributed by atoms with E-state index in [0.717, 1.165) is 6.54 Å². The van der Waals surface area contributed by atoms with Crippen LogP contribution in [0.5, 0.6) is 0 Å². The van der Waals surface area contributed by atoms with E-state index in [2.05, 4.69) is 10.0 Å². The normalized spacial score (nSPS) is 18.0. The summed E-state index contributed by atoms with van der Waals surface area (Å²) < 4.78 is 27.1. The summed E-state index contributed by atoms with van der Waals surface area (Å²) in [5.41, 5.74) is 0.978. The molecule has 1 aliphatic heterocycles. The van der Waals surface area contributed by atoms with Crippen molar-refractivity contribution >= 4 is 21.6 Å². The van der Waals surface area contributed by atoms with Crippen LogP contribution in [-0.2, 0) is 10.0 Å². The highest BCUT2D eigenvalue weighted by Gasteiger charge is 2.21. The van der Waals surface area contributed by atoms with Crippen LogP contribution in [0, 0.1) is 0 Å². The van der Waals surface area contributed by atoms with E-state index in [9.17, 15) is 13.2 Å². The highest BCUT2D eigenvalue weighted by atomic mass is 32.2. The number of carbonyl (C=O) groups excluding carboxylic acids is 1. The second-order valence-corrected chi connectivity index (χ2v) is 7.78. The van der Waals surface area contributed by atoms with E-state index in [-0.39, 0.29) is 16.8 Å². The van der Waals surface area contributed by atoms with Crippen molar-refractivity contribution in [2.45, 2.75) is 17.9 Å². The van der Waals surface area contributed by atoms with Crippen LogP contribution in [0.3, 0.4) is 0 Å². The zero-order chi connectivity index (χ0) is 17.9. The fourth-order valence-electron chi connectivity index (χ4n) is 2.79. The monoisotopic (exact) mass is 359 g/mol. The zero-order valence-corrected chi connectivity index (χ0v) is 14.8. The first kappa shape index (κ1) is 17.4. The lowest BCUT2D eigenvalue weighted by Gasteiger charge is -2.32. The van der Waals surface area contributed by atoms with Crippen molar-refractivity contribution in [1.82, 2.24) is 10.2 Å². The fourth-order valence-corrected chi connectivity index (χ4v) is 3.87. The molecule has 0 saturated carbocycles. The summed E-state index contributed by atoms with van der Waals surface area (Å²) in [5.74, 6) is -0.0363. The van der Waals surface area contributed by atoms with Crippen LogP contribution in [0.2, 0.25) is 0 Å². The molecule has 0 aromatic heterocycles. The standard InChI is InChI=1S/C18H21N3O3S/c1-14-13-21(12-11-19-14)18(22)15-7-9-16(10-8-15)20-25(23,24)17-5-3-2-4-6-17/h2-10,14,19-20H,11-13H2,1H3. The molecule has 7 heteroatoms. The average molecular weight is 359 g/mol. The maximum atomic E-state index is 12.5. The lowest BCUT2D eigenvalue weighted by atomic mass is 10.1. The maximum Gasteiger partial charge on any atom is 0.261 e. The van der Waals surface area contributed by atoms with Crippen LogP contribution in [0.1, 0.15) is 17.3 Å². The van der Waals surface area contributed by atoms with Gasteiger partial charge in [0.25, 0.3) is 15.9 Å². The number of rotatable bonds is 4. The number of piperazine rings is 1. The maximum absolute atomic E-state index is 12.5. The number of anilines is 1. The third kappa shape index (κ3) is 4.18. The lowest BCUT2D eigenvalue weighted by molar-refractivity contribution is 0.0709. The van der Waals surface area contributed by atoms with E-state index in [0.29, 0.717) is 24.3 Å². The van der Waals surface area contributed by atoms with Gasteiger partial charge in [-0.1, -0.05) is 18.2 Å². The van der Waals surface area contributed by atoms with E-state index < -0.39 is 10.0 Å². The summed E-state index contributed by atoms with van der Waals surface area (Å²) in [6, 6.07) is 15.0. The predicted molar refractivity (Wildman–Crippen MR) is 97.1 cm³/mol. The SMILES string of the molecule is CC1CN(C(=O)c2ccc(NS(=O)(=O)c3ccccc3)cc2)CCN1. The number of carbonyl (C=O) groups is 1. The summed E-state index contributed by atoms with van der Waals surface area (Å²) in [5, 5.41) is 3.30. The smallest absolute Gasteiger partial charge is 0.261 e. The Balaban J connectivity index is 1.71. The van der Waals surface area contributed by atoms with Crippen molar-refractivity contribution in [3.63, 3.8) is 0 Å². The Kier molecular flexibility index (Phi) is 5.06. The van der Waals surface area contributed by atoms with Crippen LogP contribution in [0.15, 0.2) is 59.5 Å². The third-order valence-electron chi connectivity index (χ3n) is 4.09. The number of nitrogens with zero attached hydrogens (tertiary/aromatic N) is 1. The van der Waals surface area contributed by atoms with Gasteiger partial charge in [-0.15, -0.1) is 0 Å². The minimum absolute atomic E-state index is 0.0363. The Bertz CT molecular complexity index is 836. The van der Waals surface area contributed by atoms with Crippen molar-refractivity contribution in [3.8, 4) is 0 Å². The summed E-state index contributed by atoms with van der Waals surface area (Å²) >= 11 is 0. The fraction of sp³-hybridized carbons (Fsp3) is 0.278. The van der Waals surface area contributed by atoms with E-state index >= 15 is 0 Å². The third-order valence-corrected chi connectivity index (χ3v) is 5.49. The van der Waals surface area contributed by atoms with Gasteiger partial charge in [0.2, 0.25) is 0 Å². The Hall–Kier alpha value is -2.38. The second-order valence-electron chi connectivity index (χ2n) is 6.10. The molecule has 0 spiro atoms. The van der Waals surface area contributed by atoms with Crippen LogP contribution < -0.4 is 10.0 Å². The minimum atomic E-state index is -3.63. The Morgan fingerprint density at radius 2 is 1.80 bits per heavy atom. The highest BCUT2D eigenvalue weighted by molar-refractivity contribution is 7.92. The van der Waals surface area contributed by atoms with Gasteiger partial charge >= 0.3 is 0 Å². The van der Waals surface area contributed by atoms with Crippen molar-refractivity contribution in [1.29, 1.82) is 0 Å². The molecule has 25 heavy (non-hydrogen) atoms. The highest BCUT2D eigenvalue weighted by Crippen LogP contribution is 2.17. The quantitative estimate of drug-likeness (QED) is 0.874. The molecule has 1 unspecified atom stereocenters. The Morgan fingerprint density at radius 1 is 1.12 bits per heavy atom. The van der Waals surface area contributed by atoms with Gasteiger partial charge in [-0.3, -0.25) is 9.52 Å². The molecule has 2 aromatic carbocycles. The van der Waals surface area contributed by atoms with E-state index in [1.165, 1.54) is 12.1 Å².